The highest BCUT2D eigenvalue weighted by Gasteiger charge is 2.03. The second kappa shape index (κ2) is 6.10. The molecule has 88 valence electrons. The first-order valence-electron chi connectivity index (χ1n) is 5.53. The SMILES string of the molecule is Cc1cnccc1NCCC(=O)NC(C)C. The maximum Gasteiger partial charge on any atom is 0.221 e. The average Bonchev–Trinajstić information content (AvgIpc) is 2.19. The Kier molecular flexibility index (Phi) is 4.76. The lowest BCUT2D eigenvalue weighted by atomic mass is 10.2. The van der Waals surface area contributed by atoms with Crippen LogP contribution in [-0.2, 0) is 4.79 Å². The largest absolute Gasteiger partial charge is 0.384 e. The molecule has 0 unspecified atom stereocenters. The zero-order valence-corrected chi connectivity index (χ0v) is 10.1. The minimum atomic E-state index is 0.0780. The minimum Gasteiger partial charge on any atom is -0.384 e. The number of hydrogen-bond acceptors (Lipinski definition) is 3. The van der Waals surface area contributed by atoms with Crippen LogP contribution >= 0.6 is 0 Å². The van der Waals surface area contributed by atoms with Gasteiger partial charge in [-0.1, -0.05) is 0 Å². The van der Waals surface area contributed by atoms with Crippen LogP contribution in [-0.4, -0.2) is 23.5 Å². The summed E-state index contributed by atoms with van der Waals surface area (Å²) < 4.78 is 0. The van der Waals surface area contributed by atoms with Crippen LogP contribution in [0.4, 0.5) is 5.69 Å². The summed E-state index contributed by atoms with van der Waals surface area (Å²) in [7, 11) is 0. The molecule has 0 aromatic carbocycles. The quantitative estimate of drug-likeness (QED) is 0.796. The number of rotatable bonds is 5. The van der Waals surface area contributed by atoms with Gasteiger partial charge in [0.2, 0.25) is 5.91 Å². The molecule has 0 spiro atoms. The molecule has 4 nitrogen and oxygen atoms in total. The van der Waals surface area contributed by atoms with Crippen molar-refractivity contribution in [2.45, 2.75) is 33.2 Å². The van der Waals surface area contributed by atoms with Gasteiger partial charge in [-0.2, -0.15) is 0 Å². The number of nitrogens with one attached hydrogen (secondary N) is 2. The van der Waals surface area contributed by atoms with Gasteiger partial charge in [0, 0.05) is 37.1 Å². The van der Waals surface area contributed by atoms with Crippen LogP contribution in [0.15, 0.2) is 18.5 Å². The molecular formula is C12H19N3O. The second-order valence-corrected chi connectivity index (χ2v) is 4.09. The predicted molar refractivity (Wildman–Crippen MR) is 65.4 cm³/mol. The molecule has 0 atom stereocenters. The molecule has 0 aliphatic rings. The van der Waals surface area contributed by atoms with Crippen LogP contribution in [0, 0.1) is 6.92 Å². The standard InChI is InChI=1S/C12H19N3O/c1-9(2)15-12(16)5-7-14-11-4-6-13-8-10(11)3/h4,6,8-9H,5,7H2,1-3H3,(H,13,14)(H,15,16). The van der Waals surface area contributed by atoms with E-state index < -0.39 is 0 Å². The fraction of sp³-hybridized carbons (Fsp3) is 0.500. The molecule has 0 aliphatic heterocycles. The van der Waals surface area contributed by atoms with Crippen molar-refractivity contribution < 1.29 is 4.79 Å². The number of nitrogens with zero attached hydrogens (tertiary/aromatic N) is 1. The molecule has 4 heteroatoms. The second-order valence-electron chi connectivity index (χ2n) is 4.09. The number of carbonyl (C=O) groups excluding carboxylic acids is 1. The molecule has 1 rings (SSSR count). The molecule has 0 bridgehead atoms. The van der Waals surface area contributed by atoms with Crippen molar-refractivity contribution in [2.75, 3.05) is 11.9 Å². The van der Waals surface area contributed by atoms with Crippen molar-refractivity contribution >= 4 is 11.6 Å². The lowest BCUT2D eigenvalue weighted by Gasteiger charge is -2.10. The van der Waals surface area contributed by atoms with E-state index in [1.165, 1.54) is 0 Å². The Labute approximate surface area is 96.5 Å². The summed E-state index contributed by atoms with van der Waals surface area (Å²) >= 11 is 0. The molecule has 0 radical (unpaired) electrons. The first-order chi connectivity index (χ1) is 7.59. The Balaban J connectivity index is 2.31. The fourth-order valence-corrected chi connectivity index (χ4v) is 1.38. The van der Waals surface area contributed by atoms with Gasteiger partial charge in [-0.05, 0) is 32.4 Å². The highest BCUT2D eigenvalue weighted by atomic mass is 16.1. The van der Waals surface area contributed by atoms with Gasteiger partial charge in [0.1, 0.15) is 0 Å². The third kappa shape index (κ3) is 4.29. The van der Waals surface area contributed by atoms with Gasteiger partial charge in [0.25, 0.3) is 0 Å². The zero-order chi connectivity index (χ0) is 12.0. The third-order valence-corrected chi connectivity index (χ3v) is 2.14. The van der Waals surface area contributed by atoms with E-state index in [1.54, 1.807) is 12.4 Å². The smallest absolute Gasteiger partial charge is 0.221 e. The van der Waals surface area contributed by atoms with Gasteiger partial charge in [-0.15, -0.1) is 0 Å². The lowest BCUT2D eigenvalue weighted by molar-refractivity contribution is -0.121. The molecule has 2 N–H and O–H groups in total. The number of amides is 1. The normalized spacial score (nSPS) is 10.2. The lowest BCUT2D eigenvalue weighted by Crippen LogP contribution is -2.31. The summed E-state index contributed by atoms with van der Waals surface area (Å²) in [5, 5.41) is 6.07. The van der Waals surface area contributed by atoms with Gasteiger partial charge in [-0.3, -0.25) is 9.78 Å². The van der Waals surface area contributed by atoms with Crippen LogP contribution in [0.2, 0.25) is 0 Å². The molecule has 0 fully saturated rings. The van der Waals surface area contributed by atoms with E-state index in [-0.39, 0.29) is 11.9 Å². The summed E-state index contributed by atoms with van der Waals surface area (Å²) in [4.78, 5) is 15.4. The van der Waals surface area contributed by atoms with Crippen LogP contribution < -0.4 is 10.6 Å². The number of aryl methyl sites for hydroxylation is 1. The third-order valence-electron chi connectivity index (χ3n) is 2.14. The highest BCUT2D eigenvalue weighted by Crippen LogP contribution is 2.10. The summed E-state index contributed by atoms with van der Waals surface area (Å²) in [5.74, 6) is 0.0780. The predicted octanol–water partition coefficient (Wildman–Crippen LogP) is 1.72. The van der Waals surface area contributed by atoms with Gasteiger partial charge in [-0.25, -0.2) is 0 Å². The van der Waals surface area contributed by atoms with E-state index in [1.807, 2.05) is 26.8 Å². The molecule has 1 aromatic rings. The molecule has 0 saturated heterocycles. The Morgan fingerprint density at radius 2 is 2.25 bits per heavy atom. The number of hydrogen-bond donors (Lipinski definition) is 2. The fourth-order valence-electron chi connectivity index (χ4n) is 1.38. The summed E-state index contributed by atoms with van der Waals surface area (Å²) in [6, 6.07) is 2.12. The molecule has 1 aromatic heterocycles. The van der Waals surface area contributed by atoms with Crippen LogP contribution in [0.1, 0.15) is 25.8 Å². The molecule has 0 aliphatic carbocycles. The van der Waals surface area contributed by atoms with Crippen molar-refractivity contribution in [2.24, 2.45) is 0 Å². The maximum absolute atomic E-state index is 11.4. The topological polar surface area (TPSA) is 54.0 Å². The summed E-state index contributed by atoms with van der Waals surface area (Å²) in [6.45, 7) is 6.55. The van der Waals surface area contributed by atoms with Crippen molar-refractivity contribution in [1.29, 1.82) is 0 Å². The van der Waals surface area contributed by atoms with Gasteiger partial charge in [0.05, 0.1) is 0 Å². The Hall–Kier alpha value is -1.58. The van der Waals surface area contributed by atoms with Crippen molar-refractivity contribution in [3.05, 3.63) is 24.0 Å². The Bertz CT molecular complexity index is 350. The number of anilines is 1. The maximum atomic E-state index is 11.4. The highest BCUT2D eigenvalue weighted by molar-refractivity contribution is 5.76. The van der Waals surface area contributed by atoms with Crippen molar-refractivity contribution in [3.63, 3.8) is 0 Å². The summed E-state index contributed by atoms with van der Waals surface area (Å²) in [5.41, 5.74) is 2.12. The number of carbonyl (C=O) groups is 1. The average molecular weight is 221 g/mol. The first kappa shape index (κ1) is 12.5. The van der Waals surface area contributed by atoms with E-state index in [0.29, 0.717) is 13.0 Å². The van der Waals surface area contributed by atoms with E-state index in [9.17, 15) is 4.79 Å². The van der Waals surface area contributed by atoms with Crippen LogP contribution in [0.25, 0.3) is 0 Å². The first-order valence-corrected chi connectivity index (χ1v) is 5.53. The summed E-state index contributed by atoms with van der Waals surface area (Å²) in [6.07, 6.45) is 4.03. The molecular weight excluding hydrogens is 202 g/mol. The van der Waals surface area contributed by atoms with Gasteiger partial charge < -0.3 is 10.6 Å². The van der Waals surface area contributed by atoms with E-state index in [4.69, 9.17) is 0 Å². The van der Waals surface area contributed by atoms with Crippen molar-refractivity contribution in [1.82, 2.24) is 10.3 Å². The van der Waals surface area contributed by atoms with Gasteiger partial charge in [0.15, 0.2) is 0 Å². The zero-order valence-electron chi connectivity index (χ0n) is 10.1. The molecule has 0 saturated carbocycles. The van der Waals surface area contributed by atoms with E-state index >= 15 is 0 Å². The van der Waals surface area contributed by atoms with Crippen molar-refractivity contribution in [3.8, 4) is 0 Å². The minimum absolute atomic E-state index is 0.0780. The molecule has 16 heavy (non-hydrogen) atoms. The number of aromatic nitrogens is 1. The van der Waals surface area contributed by atoms with Crippen LogP contribution in [0.3, 0.4) is 0 Å². The monoisotopic (exact) mass is 221 g/mol. The van der Waals surface area contributed by atoms with Crippen LogP contribution in [0.5, 0.6) is 0 Å². The molecule has 1 heterocycles. The van der Waals surface area contributed by atoms with E-state index in [2.05, 4.69) is 15.6 Å². The molecule has 1 amide bonds. The Morgan fingerprint density at radius 1 is 1.50 bits per heavy atom. The number of pyridine rings is 1. The van der Waals surface area contributed by atoms with E-state index in [0.717, 1.165) is 11.3 Å². The van der Waals surface area contributed by atoms with Gasteiger partial charge >= 0.3 is 0 Å². The Morgan fingerprint density at radius 3 is 2.88 bits per heavy atom.